The average molecular weight is 383 g/mol. The predicted octanol–water partition coefficient (Wildman–Crippen LogP) is 3.20. The fraction of sp³-hybridized carbons (Fsp3) is 0.545. The lowest BCUT2D eigenvalue weighted by molar-refractivity contribution is -0.150. The Hall–Kier alpha value is -1.83. The van der Waals surface area contributed by atoms with Gasteiger partial charge in [0, 0.05) is 24.5 Å². The third-order valence-electron chi connectivity index (χ3n) is 7.44. The lowest BCUT2D eigenvalue weighted by Gasteiger charge is -2.67. The number of nitriles is 1. The van der Waals surface area contributed by atoms with Crippen molar-refractivity contribution in [1.82, 2.24) is 4.90 Å². The molecule has 4 nitrogen and oxygen atoms in total. The molecule has 4 fully saturated rings. The molecule has 1 N–H and O–H groups in total. The van der Waals surface area contributed by atoms with E-state index < -0.39 is 0 Å². The van der Waals surface area contributed by atoms with E-state index in [1.54, 1.807) is 0 Å². The maximum atomic E-state index is 13.0. The van der Waals surface area contributed by atoms with Crippen LogP contribution in [0.5, 0.6) is 0 Å². The fourth-order valence-corrected chi connectivity index (χ4v) is 6.29. The molecule has 0 spiro atoms. The molecule has 3 atom stereocenters. The fourth-order valence-electron chi connectivity index (χ4n) is 6.08. The number of carbonyl (C=O) groups excluding carboxylic acids is 1. The summed E-state index contributed by atoms with van der Waals surface area (Å²) in [5.74, 6) is 1.29. The first-order valence-electron chi connectivity index (χ1n) is 9.81. The zero-order chi connectivity index (χ0) is 18.8. The SMILES string of the molecule is N#CC1CN(C(=O)CC2(Cc3cccc(Cl)c3)C3CC4CC2C3=CC4O)C1. The third kappa shape index (κ3) is 2.56. The number of halogens is 1. The first-order chi connectivity index (χ1) is 13.0. The van der Waals surface area contributed by atoms with E-state index in [9.17, 15) is 9.90 Å². The van der Waals surface area contributed by atoms with Crippen molar-refractivity contribution in [2.24, 2.45) is 29.1 Å². The lowest BCUT2D eigenvalue weighted by Crippen LogP contribution is -2.63. The summed E-state index contributed by atoms with van der Waals surface area (Å²) < 4.78 is 0. The van der Waals surface area contributed by atoms with Crippen molar-refractivity contribution < 1.29 is 9.90 Å². The highest BCUT2D eigenvalue weighted by molar-refractivity contribution is 6.30. The lowest BCUT2D eigenvalue weighted by atomic mass is 9.37. The molecular formula is C22H23ClN2O2. The van der Waals surface area contributed by atoms with Crippen LogP contribution in [0.2, 0.25) is 5.02 Å². The van der Waals surface area contributed by atoms with Crippen LogP contribution in [0.1, 0.15) is 24.8 Å². The zero-order valence-electron chi connectivity index (χ0n) is 15.1. The Morgan fingerprint density at radius 3 is 2.67 bits per heavy atom. The van der Waals surface area contributed by atoms with Gasteiger partial charge in [0.1, 0.15) is 0 Å². The van der Waals surface area contributed by atoms with Gasteiger partial charge in [-0.15, -0.1) is 0 Å². The van der Waals surface area contributed by atoms with Gasteiger partial charge in [0.25, 0.3) is 0 Å². The van der Waals surface area contributed by atoms with Gasteiger partial charge in [0.2, 0.25) is 5.91 Å². The van der Waals surface area contributed by atoms with E-state index >= 15 is 0 Å². The minimum absolute atomic E-state index is 0.00686. The Balaban J connectivity index is 1.42. The molecule has 5 aliphatic carbocycles. The summed E-state index contributed by atoms with van der Waals surface area (Å²) in [7, 11) is 0. The van der Waals surface area contributed by atoms with E-state index in [0.29, 0.717) is 37.3 Å². The first kappa shape index (κ1) is 17.3. The van der Waals surface area contributed by atoms with E-state index in [0.717, 1.165) is 24.3 Å². The second-order valence-electron chi connectivity index (χ2n) is 8.84. The highest BCUT2D eigenvalue weighted by atomic mass is 35.5. The van der Waals surface area contributed by atoms with E-state index in [-0.39, 0.29) is 23.3 Å². The van der Waals surface area contributed by atoms with Crippen LogP contribution in [-0.4, -0.2) is 35.1 Å². The van der Waals surface area contributed by atoms with Gasteiger partial charge in [-0.05, 0) is 60.1 Å². The van der Waals surface area contributed by atoms with Gasteiger partial charge in [-0.2, -0.15) is 5.26 Å². The van der Waals surface area contributed by atoms with Gasteiger partial charge in [-0.1, -0.05) is 35.4 Å². The second-order valence-corrected chi connectivity index (χ2v) is 9.27. The molecule has 1 aromatic rings. The molecule has 3 unspecified atom stereocenters. The number of carbonyl (C=O) groups is 1. The van der Waals surface area contributed by atoms with Crippen molar-refractivity contribution in [1.29, 1.82) is 5.26 Å². The van der Waals surface area contributed by atoms with Crippen LogP contribution >= 0.6 is 11.6 Å². The number of rotatable bonds is 4. The van der Waals surface area contributed by atoms with Crippen LogP contribution < -0.4 is 0 Å². The van der Waals surface area contributed by atoms with Crippen molar-refractivity contribution in [3.8, 4) is 6.07 Å². The van der Waals surface area contributed by atoms with Gasteiger partial charge < -0.3 is 10.0 Å². The highest BCUT2D eigenvalue weighted by Gasteiger charge is 2.65. The number of likely N-dealkylation sites (tertiary alicyclic amines) is 1. The Labute approximate surface area is 164 Å². The van der Waals surface area contributed by atoms with Crippen molar-refractivity contribution >= 4 is 17.5 Å². The number of aliphatic hydroxyl groups excluding tert-OH is 1. The summed E-state index contributed by atoms with van der Waals surface area (Å²) in [5, 5.41) is 19.9. The van der Waals surface area contributed by atoms with Gasteiger partial charge in [0.15, 0.2) is 0 Å². The van der Waals surface area contributed by atoms with Crippen molar-refractivity contribution in [2.75, 3.05) is 13.1 Å². The number of hydrogen-bond acceptors (Lipinski definition) is 3. The minimum Gasteiger partial charge on any atom is -0.389 e. The number of benzene rings is 1. The summed E-state index contributed by atoms with van der Waals surface area (Å²) in [4.78, 5) is 14.8. The van der Waals surface area contributed by atoms with Crippen molar-refractivity contribution in [3.05, 3.63) is 46.5 Å². The summed E-state index contributed by atoms with van der Waals surface area (Å²) in [6.45, 7) is 1.14. The summed E-state index contributed by atoms with van der Waals surface area (Å²) in [6.07, 6.45) is 5.11. The number of hydrogen-bond donors (Lipinski definition) is 1. The molecular weight excluding hydrogens is 360 g/mol. The Morgan fingerprint density at radius 2 is 2.07 bits per heavy atom. The van der Waals surface area contributed by atoms with Crippen LogP contribution in [0.15, 0.2) is 35.9 Å². The third-order valence-corrected chi connectivity index (χ3v) is 7.67. The molecule has 1 aliphatic heterocycles. The summed E-state index contributed by atoms with van der Waals surface area (Å²) >= 11 is 6.21. The largest absolute Gasteiger partial charge is 0.389 e. The summed E-state index contributed by atoms with van der Waals surface area (Å²) in [6, 6.07) is 10.2. The molecule has 4 bridgehead atoms. The van der Waals surface area contributed by atoms with Gasteiger partial charge in [0.05, 0.1) is 18.1 Å². The van der Waals surface area contributed by atoms with Crippen LogP contribution in [0, 0.1) is 40.4 Å². The maximum absolute atomic E-state index is 13.0. The molecule has 6 aliphatic rings. The molecule has 0 aromatic heterocycles. The molecule has 5 heteroatoms. The normalized spacial score (nSPS) is 36.5. The van der Waals surface area contributed by atoms with Crippen LogP contribution in [0.4, 0.5) is 0 Å². The van der Waals surface area contributed by atoms with E-state index in [4.69, 9.17) is 16.9 Å². The minimum atomic E-state index is -0.306. The average Bonchev–Trinajstić information content (AvgIpc) is 2.61. The Kier molecular flexibility index (Phi) is 3.90. The van der Waals surface area contributed by atoms with Crippen molar-refractivity contribution in [3.63, 3.8) is 0 Å². The smallest absolute Gasteiger partial charge is 0.223 e. The summed E-state index contributed by atoms with van der Waals surface area (Å²) in [5.41, 5.74) is 2.49. The van der Waals surface area contributed by atoms with E-state index in [2.05, 4.69) is 18.2 Å². The molecule has 1 aromatic carbocycles. The molecule has 0 radical (unpaired) electrons. The van der Waals surface area contributed by atoms with Crippen LogP contribution in [-0.2, 0) is 11.2 Å². The Bertz CT molecular complexity index is 851. The number of nitrogens with zero attached hydrogens (tertiary/aromatic N) is 2. The van der Waals surface area contributed by atoms with Crippen LogP contribution in [0.25, 0.3) is 0 Å². The molecule has 140 valence electrons. The first-order valence-corrected chi connectivity index (χ1v) is 10.2. The Morgan fingerprint density at radius 1 is 1.33 bits per heavy atom. The molecule has 7 rings (SSSR count). The molecule has 3 saturated carbocycles. The van der Waals surface area contributed by atoms with E-state index in [1.165, 1.54) is 11.1 Å². The molecule has 1 heterocycles. The van der Waals surface area contributed by atoms with Gasteiger partial charge in [-0.3, -0.25) is 4.79 Å². The predicted molar refractivity (Wildman–Crippen MR) is 102 cm³/mol. The number of fused-ring (bicyclic) bond motifs is 1. The second kappa shape index (κ2) is 6.09. The zero-order valence-corrected chi connectivity index (χ0v) is 15.9. The van der Waals surface area contributed by atoms with Gasteiger partial charge in [-0.25, -0.2) is 0 Å². The monoisotopic (exact) mass is 382 g/mol. The maximum Gasteiger partial charge on any atom is 0.223 e. The standard InChI is InChI=1S/C22H23ClN2O2/c23-16-3-1-2-13(4-16)8-22(9-21(27)25-11-14(10-24)12-25)18-5-15-6-19(22)17(18)7-20(15)26/h1-4,7,14-15,18-20,26H,5-6,8-9,11-12H2. The van der Waals surface area contributed by atoms with Gasteiger partial charge >= 0.3 is 0 Å². The highest BCUT2D eigenvalue weighted by Crippen LogP contribution is 2.69. The van der Waals surface area contributed by atoms with Crippen molar-refractivity contribution in [2.45, 2.75) is 31.8 Å². The topological polar surface area (TPSA) is 64.3 Å². The molecule has 1 saturated heterocycles. The number of aliphatic hydroxyl groups is 1. The van der Waals surface area contributed by atoms with E-state index in [1.807, 2.05) is 23.1 Å². The van der Waals surface area contributed by atoms with Crippen LogP contribution in [0.3, 0.4) is 0 Å². The number of amides is 1. The molecule has 1 amide bonds. The number of allylic oxidation sites excluding steroid dienone is 1. The molecule has 27 heavy (non-hydrogen) atoms. The quantitative estimate of drug-likeness (QED) is 0.813.